The van der Waals surface area contributed by atoms with E-state index in [0.717, 1.165) is 0 Å². The summed E-state index contributed by atoms with van der Waals surface area (Å²) in [5, 5.41) is 0. The van der Waals surface area contributed by atoms with Crippen molar-refractivity contribution in [2.75, 3.05) is 14.2 Å². The van der Waals surface area contributed by atoms with E-state index in [1.165, 1.54) is 14.2 Å². The summed E-state index contributed by atoms with van der Waals surface area (Å²) in [6.45, 7) is 0. The lowest BCUT2D eigenvalue weighted by atomic mass is 10.8. The van der Waals surface area contributed by atoms with Crippen LogP contribution in [0.5, 0.6) is 0 Å². The summed E-state index contributed by atoms with van der Waals surface area (Å²) >= 11 is 0. The molecule has 0 N–H and O–H groups in total. The molecule has 0 saturated heterocycles. The van der Waals surface area contributed by atoms with Gasteiger partial charge in [-0.1, -0.05) is 0 Å². The average molecular weight is 120 g/mol. The second-order valence-electron chi connectivity index (χ2n) is 0.905. The van der Waals surface area contributed by atoms with Crippen LogP contribution >= 0.6 is 7.47 Å². The second-order valence-corrected chi connectivity index (χ2v) is 2.71. The van der Waals surface area contributed by atoms with Gasteiger partial charge in [0.1, 0.15) is 0 Å². The Hall–Kier alpha value is 0.215. The minimum Gasteiger partial charge on any atom is -0.321 e. The highest BCUT2D eigenvalue weighted by Crippen LogP contribution is 2.39. The van der Waals surface area contributed by atoms with Crippen molar-refractivity contribution in [3.05, 3.63) is 0 Å². The topological polar surface area (TPSA) is 35.5 Å². The first-order valence-corrected chi connectivity index (χ1v) is 3.23. The summed E-state index contributed by atoms with van der Waals surface area (Å²) in [5.74, 6) is 0. The average Bonchev–Trinajstić information content (AvgIpc) is 1.68. The van der Waals surface area contributed by atoms with Crippen molar-refractivity contribution >= 4 is 15.0 Å². The molecule has 0 aliphatic heterocycles. The van der Waals surface area contributed by atoms with Crippen molar-refractivity contribution in [3.8, 4) is 0 Å². The van der Waals surface area contributed by atoms with Crippen LogP contribution in [0.25, 0.3) is 0 Å². The van der Waals surface area contributed by atoms with Crippen LogP contribution in [0.4, 0.5) is 0 Å². The molecule has 0 heterocycles. The minimum absolute atomic E-state index is 1.23. The Labute approximate surface area is 43.9 Å². The van der Waals surface area contributed by atoms with Crippen molar-refractivity contribution in [3.63, 3.8) is 0 Å². The minimum atomic E-state index is -3.15. The highest BCUT2D eigenvalue weighted by molar-refractivity contribution is 7.79. The van der Waals surface area contributed by atoms with Gasteiger partial charge < -0.3 is 9.05 Å². The Bertz CT molecular complexity index is 84.9. The predicted molar refractivity (Wildman–Crippen MR) is 27.4 cm³/mol. The summed E-state index contributed by atoms with van der Waals surface area (Å²) in [7, 11) is 4.12. The maximum absolute atomic E-state index is 10.3. The van der Waals surface area contributed by atoms with E-state index < -0.39 is 7.47 Å². The molecular weight excluding hydrogens is 114 g/mol. The Morgan fingerprint density at radius 1 is 1.43 bits per heavy atom. The summed E-state index contributed by atoms with van der Waals surface area (Å²) in [5.41, 5.74) is 0. The third-order valence-corrected chi connectivity index (χ3v) is 1.53. The zero-order chi connectivity index (χ0) is 5.91. The van der Waals surface area contributed by atoms with E-state index in [2.05, 4.69) is 9.05 Å². The molecule has 40 valence electrons. The molecule has 0 fully saturated rings. The molecule has 5 heteroatoms. The maximum Gasteiger partial charge on any atom is 0.263 e. The first-order chi connectivity index (χ1) is 3.12. The fraction of sp³-hybridized carbons (Fsp3) is 1.00. The van der Waals surface area contributed by atoms with E-state index in [9.17, 15) is 4.57 Å². The Kier molecular flexibility index (Phi) is 2.58. The lowest BCUT2D eigenvalue weighted by Crippen LogP contribution is -1.84. The van der Waals surface area contributed by atoms with Gasteiger partial charge in [-0.3, -0.25) is 4.57 Å². The predicted octanol–water partition coefficient (Wildman–Crippen LogP) is 0.556. The monoisotopic (exact) mass is 120 g/mol. The van der Waals surface area contributed by atoms with Crippen molar-refractivity contribution < 1.29 is 13.6 Å². The molecule has 2 radical (unpaired) electrons. The van der Waals surface area contributed by atoms with Crippen molar-refractivity contribution in [2.45, 2.75) is 0 Å². The molecule has 3 nitrogen and oxygen atoms in total. The van der Waals surface area contributed by atoms with Gasteiger partial charge in [-0.15, -0.1) is 0 Å². The quantitative estimate of drug-likeness (QED) is 0.394. The van der Waals surface area contributed by atoms with Crippen molar-refractivity contribution in [2.24, 2.45) is 0 Å². The van der Waals surface area contributed by atoms with Crippen LogP contribution in [-0.2, 0) is 13.6 Å². The number of hydrogen-bond donors (Lipinski definition) is 0. The molecule has 0 spiro atoms. The molecular formula is C2H6BO3P. The fourth-order valence-electron chi connectivity index (χ4n) is 0.0745. The molecule has 0 aromatic carbocycles. The van der Waals surface area contributed by atoms with E-state index in [4.69, 9.17) is 7.57 Å². The molecule has 0 bridgehead atoms. The van der Waals surface area contributed by atoms with E-state index in [1.54, 1.807) is 0 Å². The Morgan fingerprint density at radius 3 is 1.71 bits per heavy atom. The zero-order valence-corrected chi connectivity index (χ0v) is 5.14. The third-order valence-electron chi connectivity index (χ3n) is 0.509. The van der Waals surface area contributed by atoms with Gasteiger partial charge in [-0.05, 0) is 0 Å². The summed E-state index contributed by atoms with van der Waals surface area (Å²) < 4.78 is 18.7. The van der Waals surface area contributed by atoms with Gasteiger partial charge in [0.05, 0.1) is 0 Å². The number of hydrogen-bond acceptors (Lipinski definition) is 3. The first kappa shape index (κ1) is 7.21. The van der Waals surface area contributed by atoms with E-state index >= 15 is 0 Å². The Morgan fingerprint density at radius 2 is 1.71 bits per heavy atom. The molecule has 0 aliphatic rings. The van der Waals surface area contributed by atoms with Gasteiger partial charge in [0.15, 0.2) is 0 Å². The van der Waals surface area contributed by atoms with Crippen LogP contribution in [0, 0.1) is 0 Å². The van der Waals surface area contributed by atoms with Gasteiger partial charge in [0.25, 0.3) is 7.47 Å². The van der Waals surface area contributed by atoms with Crippen LogP contribution in [0.15, 0.2) is 0 Å². The maximum atomic E-state index is 10.3. The van der Waals surface area contributed by atoms with Crippen LogP contribution in [0.1, 0.15) is 0 Å². The van der Waals surface area contributed by atoms with Gasteiger partial charge in [-0.25, -0.2) is 0 Å². The first-order valence-electron chi connectivity index (χ1n) is 1.62. The summed E-state index contributed by atoms with van der Waals surface area (Å²) in [4.78, 5) is 0. The van der Waals surface area contributed by atoms with Crippen LogP contribution in [-0.4, -0.2) is 21.8 Å². The largest absolute Gasteiger partial charge is 0.321 e. The summed E-state index contributed by atoms with van der Waals surface area (Å²) in [6, 6.07) is 0. The smallest absolute Gasteiger partial charge is 0.263 e. The van der Waals surface area contributed by atoms with Gasteiger partial charge in [0, 0.05) is 14.2 Å². The molecule has 0 aliphatic carbocycles. The zero-order valence-electron chi connectivity index (χ0n) is 4.25. The lowest BCUT2D eigenvalue weighted by molar-refractivity contribution is 0.293. The molecule has 0 atom stereocenters. The highest BCUT2D eigenvalue weighted by atomic mass is 31.2. The number of rotatable bonds is 2. The molecule has 0 amide bonds. The van der Waals surface area contributed by atoms with Crippen LogP contribution < -0.4 is 0 Å². The third kappa shape index (κ3) is 2.86. The van der Waals surface area contributed by atoms with Crippen molar-refractivity contribution in [1.82, 2.24) is 0 Å². The molecule has 0 rings (SSSR count). The molecule has 7 heavy (non-hydrogen) atoms. The second kappa shape index (κ2) is 2.50. The fourth-order valence-corrected chi connectivity index (χ4v) is 0.224. The molecule has 0 aromatic rings. The van der Waals surface area contributed by atoms with E-state index in [0.29, 0.717) is 0 Å². The standard InChI is InChI=1S/C2H6BO3P/c1-5-7(3,4)6-2/h1-2H3. The van der Waals surface area contributed by atoms with E-state index in [1.807, 2.05) is 0 Å². The van der Waals surface area contributed by atoms with Gasteiger partial charge in [-0.2, -0.15) is 0 Å². The van der Waals surface area contributed by atoms with Gasteiger partial charge in [0.2, 0.25) is 7.57 Å². The SMILES string of the molecule is [B]P(=O)(OC)OC. The Balaban J connectivity index is 3.61. The van der Waals surface area contributed by atoms with Crippen LogP contribution in [0.2, 0.25) is 0 Å². The normalized spacial score (nSPS) is 11.7. The van der Waals surface area contributed by atoms with Gasteiger partial charge >= 0.3 is 0 Å². The van der Waals surface area contributed by atoms with E-state index in [-0.39, 0.29) is 0 Å². The van der Waals surface area contributed by atoms with Crippen molar-refractivity contribution in [1.29, 1.82) is 0 Å². The van der Waals surface area contributed by atoms with Crippen LogP contribution in [0.3, 0.4) is 0 Å². The highest BCUT2D eigenvalue weighted by Gasteiger charge is 2.08. The summed E-state index contributed by atoms with van der Waals surface area (Å²) in [6.07, 6.45) is 0. The molecule has 0 aromatic heterocycles. The molecule has 0 saturated carbocycles. The molecule has 0 unspecified atom stereocenters. The lowest BCUT2D eigenvalue weighted by Gasteiger charge is -2.05.